The molecule has 0 aromatic heterocycles. The number of para-hydroxylation sites is 1. The van der Waals surface area contributed by atoms with Gasteiger partial charge in [-0.15, -0.1) is 0 Å². The summed E-state index contributed by atoms with van der Waals surface area (Å²) in [6.07, 6.45) is 0. The molecule has 4 aromatic rings. The van der Waals surface area contributed by atoms with E-state index in [0.29, 0.717) is 16.9 Å². The molecule has 0 bridgehead atoms. The van der Waals surface area contributed by atoms with Crippen LogP contribution >= 0.6 is 0 Å². The van der Waals surface area contributed by atoms with Crippen LogP contribution in [0.5, 0.6) is 11.5 Å². The van der Waals surface area contributed by atoms with Gasteiger partial charge in [0.15, 0.2) is 0 Å². The third-order valence-electron chi connectivity index (χ3n) is 5.41. The van der Waals surface area contributed by atoms with Crippen molar-refractivity contribution in [3.05, 3.63) is 96.1 Å². The largest absolute Gasteiger partial charge is 0.496 e. The van der Waals surface area contributed by atoms with Crippen LogP contribution in [0.25, 0.3) is 33.4 Å². The normalized spacial score (nSPS) is 10.1. The lowest BCUT2D eigenvalue weighted by molar-refractivity contribution is 0.416. The first-order valence-corrected chi connectivity index (χ1v) is 10.1. The molecule has 0 heterocycles. The molecule has 0 aliphatic rings. The third-order valence-corrected chi connectivity index (χ3v) is 5.41. The highest BCUT2D eigenvalue weighted by atomic mass is 16.5. The quantitative estimate of drug-likeness (QED) is 0.375. The minimum absolute atomic E-state index is 0.560. The second-order valence-electron chi connectivity index (χ2n) is 7.14. The topological polar surface area (TPSA) is 66.0 Å². The fourth-order valence-corrected chi connectivity index (χ4v) is 3.83. The summed E-state index contributed by atoms with van der Waals surface area (Å²) in [7, 11) is 3.24. The highest BCUT2D eigenvalue weighted by Gasteiger charge is 2.14. The van der Waals surface area contributed by atoms with Crippen molar-refractivity contribution in [1.29, 1.82) is 10.5 Å². The maximum Gasteiger partial charge on any atom is 0.127 e. The number of methoxy groups -OCH3 is 2. The van der Waals surface area contributed by atoms with Gasteiger partial charge in [0.25, 0.3) is 0 Å². The maximum absolute atomic E-state index is 9.82. The first kappa shape index (κ1) is 20.7. The van der Waals surface area contributed by atoms with Crippen molar-refractivity contribution in [3.63, 3.8) is 0 Å². The molecule has 0 unspecified atom stereocenters. The van der Waals surface area contributed by atoms with Gasteiger partial charge in [-0.25, -0.2) is 0 Å². The first-order valence-electron chi connectivity index (χ1n) is 10.1. The van der Waals surface area contributed by atoms with Gasteiger partial charge in [0.05, 0.1) is 37.5 Å². The molecule has 4 rings (SSSR count). The van der Waals surface area contributed by atoms with E-state index in [9.17, 15) is 10.5 Å². The minimum Gasteiger partial charge on any atom is -0.496 e. The molecule has 0 saturated carbocycles. The number of benzene rings is 4. The Kier molecular flexibility index (Phi) is 5.88. The van der Waals surface area contributed by atoms with E-state index in [1.165, 1.54) is 0 Å². The predicted molar refractivity (Wildman–Crippen MR) is 125 cm³/mol. The van der Waals surface area contributed by atoms with Crippen LogP contribution in [0, 0.1) is 22.7 Å². The highest BCUT2D eigenvalue weighted by Crippen LogP contribution is 2.38. The molecule has 0 fully saturated rings. The van der Waals surface area contributed by atoms with Crippen molar-refractivity contribution in [1.82, 2.24) is 0 Å². The second kappa shape index (κ2) is 9.08. The van der Waals surface area contributed by atoms with Crippen molar-refractivity contribution in [2.24, 2.45) is 0 Å². The molecule has 4 nitrogen and oxygen atoms in total. The van der Waals surface area contributed by atoms with E-state index < -0.39 is 0 Å². The van der Waals surface area contributed by atoms with Gasteiger partial charge in [0.2, 0.25) is 0 Å². The molecule has 0 radical (unpaired) electrons. The van der Waals surface area contributed by atoms with Gasteiger partial charge in [-0.2, -0.15) is 10.5 Å². The molecule has 0 atom stereocenters. The Hall–Kier alpha value is -4.54. The van der Waals surface area contributed by atoms with Crippen LogP contribution in [0.15, 0.2) is 84.9 Å². The molecule has 0 aliphatic carbocycles. The number of nitrogens with zero attached hydrogens (tertiary/aromatic N) is 2. The van der Waals surface area contributed by atoms with E-state index in [1.807, 2.05) is 78.9 Å². The van der Waals surface area contributed by atoms with Crippen molar-refractivity contribution in [3.8, 4) is 57.0 Å². The van der Waals surface area contributed by atoms with Gasteiger partial charge in [-0.05, 0) is 41.5 Å². The van der Waals surface area contributed by atoms with Gasteiger partial charge in [-0.1, -0.05) is 54.6 Å². The Balaban J connectivity index is 1.79. The predicted octanol–water partition coefficient (Wildman–Crippen LogP) is 6.45. The van der Waals surface area contributed by atoms with Crippen molar-refractivity contribution in [2.75, 3.05) is 14.2 Å². The first-order chi connectivity index (χ1) is 15.7. The highest BCUT2D eigenvalue weighted by molar-refractivity contribution is 5.82. The standard InChI is InChI=1S/C28H20N2O2/c1-31-27-10-6-5-9-25(27)24-13-11-19(15-22(24)18-30)20-12-14-26(28(16-20)32-2)23-8-4-3-7-21(23)17-29/h3-16H,1-2H3. The van der Waals surface area contributed by atoms with Crippen molar-refractivity contribution in [2.45, 2.75) is 0 Å². The maximum atomic E-state index is 9.82. The smallest absolute Gasteiger partial charge is 0.127 e. The average Bonchev–Trinajstić information content (AvgIpc) is 2.87. The monoisotopic (exact) mass is 416 g/mol. The molecule has 0 spiro atoms. The van der Waals surface area contributed by atoms with Crippen LogP contribution in [-0.4, -0.2) is 14.2 Å². The number of hydrogen-bond donors (Lipinski definition) is 0. The third kappa shape index (κ3) is 3.78. The summed E-state index contributed by atoms with van der Waals surface area (Å²) < 4.78 is 11.1. The van der Waals surface area contributed by atoms with E-state index in [-0.39, 0.29) is 0 Å². The van der Waals surface area contributed by atoms with Crippen LogP contribution in [0.2, 0.25) is 0 Å². The van der Waals surface area contributed by atoms with E-state index in [2.05, 4.69) is 12.1 Å². The zero-order valence-electron chi connectivity index (χ0n) is 17.8. The van der Waals surface area contributed by atoms with Gasteiger partial charge in [0, 0.05) is 22.3 Å². The van der Waals surface area contributed by atoms with Crippen molar-refractivity contribution < 1.29 is 9.47 Å². The summed E-state index contributed by atoms with van der Waals surface area (Å²) in [6, 6.07) is 31.3. The number of hydrogen-bond acceptors (Lipinski definition) is 4. The molecule has 4 heteroatoms. The zero-order valence-corrected chi connectivity index (χ0v) is 17.8. The van der Waals surface area contributed by atoms with E-state index in [4.69, 9.17) is 9.47 Å². The summed E-state index contributed by atoms with van der Waals surface area (Å²) in [5.41, 5.74) is 6.33. The van der Waals surface area contributed by atoms with Crippen LogP contribution in [-0.2, 0) is 0 Å². The van der Waals surface area contributed by atoms with Gasteiger partial charge >= 0.3 is 0 Å². The van der Waals surface area contributed by atoms with E-state index >= 15 is 0 Å². The molecule has 4 aromatic carbocycles. The molecule has 32 heavy (non-hydrogen) atoms. The molecule has 0 aliphatic heterocycles. The molecule has 0 amide bonds. The lowest BCUT2D eigenvalue weighted by Gasteiger charge is -2.14. The molecule has 154 valence electrons. The minimum atomic E-state index is 0.560. The summed E-state index contributed by atoms with van der Waals surface area (Å²) >= 11 is 0. The number of nitriles is 2. The van der Waals surface area contributed by atoms with Crippen LogP contribution in [0.4, 0.5) is 0 Å². The van der Waals surface area contributed by atoms with Gasteiger partial charge in [0.1, 0.15) is 11.5 Å². The Morgan fingerprint density at radius 1 is 0.531 bits per heavy atom. The van der Waals surface area contributed by atoms with E-state index in [1.54, 1.807) is 20.3 Å². The van der Waals surface area contributed by atoms with Gasteiger partial charge in [-0.3, -0.25) is 0 Å². The summed E-state index contributed by atoms with van der Waals surface area (Å²) in [5, 5.41) is 19.3. The number of rotatable bonds is 5. The fourth-order valence-electron chi connectivity index (χ4n) is 3.83. The summed E-state index contributed by atoms with van der Waals surface area (Å²) in [6.45, 7) is 0. The Morgan fingerprint density at radius 2 is 1.06 bits per heavy atom. The molecular weight excluding hydrogens is 396 g/mol. The Labute approximate surface area is 187 Å². The average molecular weight is 416 g/mol. The van der Waals surface area contributed by atoms with Crippen molar-refractivity contribution >= 4 is 0 Å². The SMILES string of the molecule is COc1ccccc1-c1ccc(-c2ccc(-c3ccccc3C#N)c(OC)c2)cc1C#N. The van der Waals surface area contributed by atoms with E-state index in [0.717, 1.165) is 39.1 Å². The summed E-state index contributed by atoms with van der Waals surface area (Å²) in [5.74, 6) is 1.39. The van der Waals surface area contributed by atoms with Crippen LogP contribution < -0.4 is 9.47 Å². The fraction of sp³-hybridized carbons (Fsp3) is 0.0714. The number of ether oxygens (including phenoxy) is 2. The Morgan fingerprint density at radius 3 is 1.75 bits per heavy atom. The van der Waals surface area contributed by atoms with Gasteiger partial charge < -0.3 is 9.47 Å². The molecule has 0 saturated heterocycles. The van der Waals surface area contributed by atoms with Crippen LogP contribution in [0.1, 0.15) is 11.1 Å². The van der Waals surface area contributed by atoms with Crippen LogP contribution in [0.3, 0.4) is 0 Å². The molecule has 0 N–H and O–H groups in total. The molecular formula is C28H20N2O2. The lowest BCUT2D eigenvalue weighted by Crippen LogP contribution is -1.93. The summed E-state index contributed by atoms with van der Waals surface area (Å²) in [4.78, 5) is 0. The second-order valence-corrected chi connectivity index (χ2v) is 7.14. The Bertz CT molecular complexity index is 1380. The lowest BCUT2D eigenvalue weighted by atomic mass is 9.93. The zero-order chi connectivity index (χ0) is 22.5.